The molecule has 0 aliphatic heterocycles. The van der Waals surface area contributed by atoms with Crippen molar-refractivity contribution in [1.82, 2.24) is 14.8 Å². The third kappa shape index (κ3) is 4.54. The van der Waals surface area contributed by atoms with Crippen LogP contribution in [0.4, 0.5) is 5.69 Å². The lowest BCUT2D eigenvalue weighted by molar-refractivity contribution is -0.125. The van der Waals surface area contributed by atoms with Crippen molar-refractivity contribution >= 4 is 23.2 Å². The highest BCUT2D eigenvalue weighted by molar-refractivity contribution is 6.31. The Morgan fingerprint density at radius 2 is 2.19 bits per heavy atom. The summed E-state index contributed by atoms with van der Waals surface area (Å²) in [6, 6.07) is 5.14. The number of anilines is 1. The minimum atomic E-state index is -0.375. The van der Waals surface area contributed by atoms with Gasteiger partial charge in [-0.05, 0) is 39.0 Å². The van der Waals surface area contributed by atoms with Gasteiger partial charge in [0.05, 0.1) is 17.0 Å². The number of amides is 1. The van der Waals surface area contributed by atoms with Crippen molar-refractivity contribution in [3.8, 4) is 5.69 Å². The van der Waals surface area contributed by atoms with E-state index in [0.29, 0.717) is 16.4 Å². The number of carbonyl (C=O) groups is 1. The normalized spacial score (nSPS) is 11.4. The number of nitrogens with one attached hydrogen (secondary N) is 1. The molecule has 0 fully saturated rings. The number of nitrogens with zero attached hydrogens (tertiary/aromatic N) is 3. The Bertz CT molecular complexity index is 620. The van der Waals surface area contributed by atoms with Crippen LogP contribution in [0.5, 0.6) is 0 Å². The van der Waals surface area contributed by atoms with Gasteiger partial charge in [-0.3, -0.25) is 4.79 Å². The fraction of sp³-hybridized carbons (Fsp3) is 0.357. The largest absolute Gasteiger partial charge is 0.366 e. The molecule has 0 saturated carbocycles. The zero-order valence-corrected chi connectivity index (χ0v) is 12.9. The molecular formula is C14H17ClN4O2. The maximum Gasteiger partial charge on any atom is 0.250 e. The van der Waals surface area contributed by atoms with E-state index in [1.807, 2.05) is 20.8 Å². The van der Waals surface area contributed by atoms with Crippen LogP contribution >= 0.6 is 11.6 Å². The molecule has 0 atom stereocenters. The molecular weight excluding hydrogens is 292 g/mol. The summed E-state index contributed by atoms with van der Waals surface area (Å²) in [5.74, 6) is -0.256. The Morgan fingerprint density at radius 1 is 1.43 bits per heavy atom. The molecule has 1 heterocycles. The van der Waals surface area contributed by atoms with E-state index in [2.05, 4.69) is 15.4 Å². The summed E-state index contributed by atoms with van der Waals surface area (Å²) in [5, 5.41) is 7.34. The quantitative estimate of drug-likeness (QED) is 0.943. The van der Waals surface area contributed by atoms with Crippen molar-refractivity contribution in [2.24, 2.45) is 0 Å². The van der Waals surface area contributed by atoms with Crippen molar-refractivity contribution in [1.29, 1.82) is 0 Å². The fourth-order valence-corrected chi connectivity index (χ4v) is 1.78. The molecule has 0 radical (unpaired) electrons. The number of rotatable bonds is 4. The van der Waals surface area contributed by atoms with Gasteiger partial charge in [-0.2, -0.15) is 5.10 Å². The van der Waals surface area contributed by atoms with E-state index in [1.165, 1.54) is 6.33 Å². The number of halogens is 1. The van der Waals surface area contributed by atoms with Gasteiger partial charge in [0.2, 0.25) is 5.91 Å². The maximum atomic E-state index is 12.0. The summed E-state index contributed by atoms with van der Waals surface area (Å²) in [7, 11) is 0. The molecule has 21 heavy (non-hydrogen) atoms. The van der Waals surface area contributed by atoms with Crippen molar-refractivity contribution in [2.75, 3.05) is 11.9 Å². The SMILES string of the molecule is CC(C)(C)OCC(=O)Nc1cc(Cl)ccc1-n1cncn1. The first-order chi connectivity index (χ1) is 9.85. The summed E-state index contributed by atoms with van der Waals surface area (Å²) in [4.78, 5) is 15.9. The van der Waals surface area contributed by atoms with Crippen LogP contribution in [0.25, 0.3) is 5.69 Å². The van der Waals surface area contributed by atoms with Crippen LogP contribution in [-0.4, -0.2) is 32.9 Å². The Labute approximate surface area is 128 Å². The van der Waals surface area contributed by atoms with Crippen LogP contribution in [0.2, 0.25) is 5.02 Å². The fourth-order valence-electron chi connectivity index (χ4n) is 1.61. The van der Waals surface area contributed by atoms with E-state index in [-0.39, 0.29) is 18.1 Å². The van der Waals surface area contributed by atoms with Gasteiger partial charge in [0, 0.05) is 5.02 Å². The molecule has 0 unspecified atom stereocenters. The number of aromatic nitrogens is 3. The summed E-state index contributed by atoms with van der Waals surface area (Å²) in [6.45, 7) is 5.63. The standard InChI is InChI=1S/C14H17ClN4O2/c1-14(2,3)21-7-13(20)18-11-6-10(15)4-5-12(11)19-9-16-8-17-19/h4-6,8-9H,7H2,1-3H3,(H,18,20). The Morgan fingerprint density at radius 3 is 2.81 bits per heavy atom. The summed E-state index contributed by atoms with van der Waals surface area (Å²) < 4.78 is 7.00. The molecule has 0 bridgehead atoms. The first-order valence-corrected chi connectivity index (χ1v) is 6.81. The summed E-state index contributed by atoms with van der Waals surface area (Å²) in [6.07, 6.45) is 2.97. The number of ether oxygens (including phenoxy) is 1. The number of benzene rings is 1. The van der Waals surface area contributed by atoms with Gasteiger partial charge >= 0.3 is 0 Å². The Hall–Kier alpha value is -1.92. The van der Waals surface area contributed by atoms with Gasteiger partial charge in [-0.15, -0.1) is 0 Å². The van der Waals surface area contributed by atoms with Crippen LogP contribution in [0.1, 0.15) is 20.8 Å². The second-order valence-corrected chi connectivity index (χ2v) is 5.89. The molecule has 0 saturated heterocycles. The highest BCUT2D eigenvalue weighted by Crippen LogP contribution is 2.24. The molecule has 1 N–H and O–H groups in total. The minimum absolute atomic E-state index is 0.0349. The lowest BCUT2D eigenvalue weighted by atomic mass is 10.2. The van der Waals surface area contributed by atoms with Gasteiger partial charge in [-0.25, -0.2) is 9.67 Å². The third-order valence-electron chi connectivity index (χ3n) is 2.53. The van der Waals surface area contributed by atoms with Gasteiger partial charge in [-0.1, -0.05) is 11.6 Å². The summed E-state index contributed by atoms with van der Waals surface area (Å²) in [5.41, 5.74) is 0.858. The maximum absolute atomic E-state index is 12.0. The van der Waals surface area contributed by atoms with E-state index in [9.17, 15) is 4.79 Å². The van der Waals surface area contributed by atoms with Crippen LogP contribution in [-0.2, 0) is 9.53 Å². The average molecular weight is 309 g/mol. The molecule has 7 heteroatoms. The Kier molecular flexibility index (Phi) is 4.59. The zero-order chi connectivity index (χ0) is 15.5. The topological polar surface area (TPSA) is 69.0 Å². The number of hydrogen-bond donors (Lipinski definition) is 1. The molecule has 112 valence electrons. The smallest absolute Gasteiger partial charge is 0.250 e. The monoisotopic (exact) mass is 308 g/mol. The lowest BCUT2D eigenvalue weighted by Gasteiger charge is -2.19. The zero-order valence-electron chi connectivity index (χ0n) is 12.1. The number of carbonyl (C=O) groups excluding carboxylic acids is 1. The lowest BCUT2D eigenvalue weighted by Crippen LogP contribution is -2.27. The van der Waals surface area contributed by atoms with E-state index >= 15 is 0 Å². The van der Waals surface area contributed by atoms with Crippen LogP contribution < -0.4 is 5.32 Å². The van der Waals surface area contributed by atoms with Crippen molar-refractivity contribution in [3.05, 3.63) is 35.9 Å². The second-order valence-electron chi connectivity index (χ2n) is 5.45. The number of hydrogen-bond acceptors (Lipinski definition) is 4. The van der Waals surface area contributed by atoms with Crippen LogP contribution in [0, 0.1) is 0 Å². The van der Waals surface area contributed by atoms with E-state index < -0.39 is 0 Å². The average Bonchev–Trinajstić information content (AvgIpc) is 2.89. The summed E-state index contributed by atoms with van der Waals surface area (Å²) >= 11 is 5.98. The van der Waals surface area contributed by atoms with Crippen molar-refractivity contribution in [2.45, 2.75) is 26.4 Å². The molecule has 0 aliphatic carbocycles. The van der Waals surface area contributed by atoms with Gasteiger partial charge in [0.1, 0.15) is 19.3 Å². The van der Waals surface area contributed by atoms with Crippen LogP contribution in [0.3, 0.4) is 0 Å². The molecule has 1 aromatic carbocycles. The predicted octanol–water partition coefficient (Wildman–Crippen LogP) is 2.67. The van der Waals surface area contributed by atoms with Gasteiger partial charge in [0.25, 0.3) is 0 Å². The van der Waals surface area contributed by atoms with E-state index in [4.69, 9.17) is 16.3 Å². The van der Waals surface area contributed by atoms with Gasteiger partial charge < -0.3 is 10.1 Å². The Balaban J connectivity index is 2.16. The molecule has 0 spiro atoms. The minimum Gasteiger partial charge on any atom is -0.366 e. The molecule has 2 aromatic rings. The van der Waals surface area contributed by atoms with Crippen molar-refractivity contribution < 1.29 is 9.53 Å². The molecule has 1 aromatic heterocycles. The second kappa shape index (κ2) is 6.24. The van der Waals surface area contributed by atoms with Crippen LogP contribution in [0.15, 0.2) is 30.9 Å². The van der Waals surface area contributed by atoms with Crippen molar-refractivity contribution in [3.63, 3.8) is 0 Å². The molecule has 0 aliphatic rings. The van der Waals surface area contributed by atoms with E-state index in [0.717, 1.165) is 0 Å². The predicted molar refractivity (Wildman–Crippen MR) is 80.7 cm³/mol. The molecule has 2 rings (SSSR count). The first-order valence-electron chi connectivity index (χ1n) is 6.43. The molecule has 6 nitrogen and oxygen atoms in total. The van der Waals surface area contributed by atoms with Gasteiger partial charge in [0.15, 0.2) is 0 Å². The van der Waals surface area contributed by atoms with E-state index in [1.54, 1.807) is 29.2 Å². The third-order valence-corrected chi connectivity index (χ3v) is 2.77. The molecule has 1 amide bonds. The highest BCUT2D eigenvalue weighted by Gasteiger charge is 2.15. The highest BCUT2D eigenvalue weighted by atomic mass is 35.5. The first kappa shape index (κ1) is 15.5.